The summed E-state index contributed by atoms with van der Waals surface area (Å²) in [7, 11) is -3.56. The van der Waals surface area contributed by atoms with Gasteiger partial charge >= 0.3 is 0 Å². The fourth-order valence-corrected chi connectivity index (χ4v) is 3.50. The van der Waals surface area contributed by atoms with Gasteiger partial charge in [-0.3, -0.25) is 9.52 Å². The molecule has 0 saturated carbocycles. The van der Waals surface area contributed by atoms with Gasteiger partial charge in [0, 0.05) is 18.8 Å². The molecule has 1 heterocycles. The Kier molecular flexibility index (Phi) is 5.64. The number of hydrogen-bond acceptors (Lipinski definition) is 3. The second-order valence-corrected chi connectivity index (χ2v) is 7.54. The SMILES string of the molecule is CCCNS(=O)(=O)Nc1ccc2c(c1)CC(=O)N2C[C@H](C)CC. The largest absolute Gasteiger partial charge is 0.312 e. The molecule has 0 radical (unpaired) electrons. The fourth-order valence-electron chi connectivity index (χ4n) is 2.52. The summed E-state index contributed by atoms with van der Waals surface area (Å²) in [6.07, 6.45) is 2.06. The summed E-state index contributed by atoms with van der Waals surface area (Å²) in [5, 5.41) is 0. The van der Waals surface area contributed by atoms with Crippen LogP contribution in [0, 0.1) is 5.92 Å². The van der Waals surface area contributed by atoms with Gasteiger partial charge in [-0.25, -0.2) is 0 Å². The van der Waals surface area contributed by atoms with Crippen molar-refractivity contribution in [1.29, 1.82) is 0 Å². The van der Waals surface area contributed by atoms with Gasteiger partial charge in [0.15, 0.2) is 0 Å². The number of nitrogens with one attached hydrogen (secondary N) is 2. The van der Waals surface area contributed by atoms with Crippen molar-refractivity contribution < 1.29 is 13.2 Å². The highest BCUT2D eigenvalue weighted by Crippen LogP contribution is 2.32. The van der Waals surface area contributed by atoms with E-state index in [-0.39, 0.29) is 5.91 Å². The molecular weight excluding hydrogens is 314 g/mol. The van der Waals surface area contributed by atoms with Crippen LogP contribution in [0.5, 0.6) is 0 Å². The molecule has 2 rings (SSSR count). The van der Waals surface area contributed by atoms with E-state index in [0.29, 0.717) is 31.1 Å². The number of benzene rings is 1. The molecule has 0 aliphatic carbocycles. The second-order valence-electron chi connectivity index (χ2n) is 6.04. The summed E-state index contributed by atoms with van der Waals surface area (Å²) in [4.78, 5) is 14.0. The Morgan fingerprint density at radius 2 is 2.04 bits per heavy atom. The van der Waals surface area contributed by atoms with Gasteiger partial charge in [0.1, 0.15) is 0 Å². The number of fused-ring (bicyclic) bond motifs is 1. The van der Waals surface area contributed by atoms with Gasteiger partial charge in [0.05, 0.1) is 12.1 Å². The Bertz CT molecular complexity index is 673. The van der Waals surface area contributed by atoms with Crippen LogP contribution in [0.15, 0.2) is 18.2 Å². The Hall–Kier alpha value is -1.60. The number of anilines is 2. The molecule has 7 heteroatoms. The van der Waals surface area contributed by atoms with E-state index in [1.165, 1.54) is 0 Å². The van der Waals surface area contributed by atoms with E-state index >= 15 is 0 Å². The quantitative estimate of drug-likeness (QED) is 0.763. The minimum Gasteiger partial charge on any atom is -0.312 e. The van der Waals surface area contributed by atoms with Crippen molar-refractivity contribution in [2.24, 2.45) is 5.92 Å². The molecule has 6 nitrogen and oxygen atoms in total. The summed E-state index contributed by atoms with van der Waals surface area (Å²) in [5.74, 6) is 0.505. The number of hydrogen-bond donors (Lipinski definition) is 2. The van der Waals surface area contributed by atoms with Crippen LogP contribution in [0.2, 0.25) is 0 Å². The predicted molar refractivity (Wildman–Crippen MR) is 92.8 cm³/mol. The van der Waals surface area contributed by atoms with Crippen LogP contribution in [-0.4, -0.2) is 27.4 Å². The zero-order valence-corrected chi connectivity index (χ0v) is 14.7. The molecule has 1 aromatic carbocycles. The molecule has 1 amide bonds. The molecule has 0 spiro atoms. The third kappa shape index (κ3) is 4.45. The first-order valence-corrected chi connectivity index (χ1v) is 9.55. The second kappa shape index (κ2) is 7.31. The molecule has 2 N–H and O–H groups in total. The Morgan fingerprint density at radius 3 is 2.70 bits per heavy atom. The third-order valence-corrected chi connectivity index (χ3v) is 5.09. The lowest BCUT2D eigenvalue weighted by Crippen LogP contribution is -2.31. The van der Waals surface area contributed by atoms with Gasteiger partial charge < -0.3 is 4.90 Å². The van der Waals surface area contributed by atoms with E-state index in [0.717, 1.165) is 24.1 Å². The molecule has 0 fully saturated rings. The van der Waals surface area contributed by atoms with Crippen molar-refractivity contribution in [3.05, 3.63) is 23.8 Å². The Labute approximate surface area is 138 Å². The zero-order chi connectivity index (χ0) is 17.0. The zero-order valence-electron chi connectivity index (χ0n) is 13.9. The van der Waals surface area contributed by atoms with E-state index in [4.69, 9.17) is 0 Å². The molecule has 1 aliphatic heterocycles. The predicted octanol–water partition coefficient (Wildman–Crippen LogP) is 2.28. The van der Waals surface area contributed by atoms with Crippen LogP contribution in [0.25, 0.3) is 0 Å². The highest BCUT2D eigenvalue weighted by atomic mass is 32.2. The van der Waals surface area contributed by atoms with E-state index < -0.39 is 10.2 Å². The van der Waals surface area contributed by atoms with Crippen molar-refractivity contribution in [1.82, 2.24) is 4.72 Å². The van der Waals surface area contributed by atoms with Gasteiger partial charge in [0.25, 0.3) is 10.2 Å². The number of amides is 1. The van der Waals surface area contributed by atoms with Gasteiger partial charge in [-0.1, -0.05) is 27.2 Å². The summed E-state index contributed by atoms with van der Waals surface area (Å²) in [5.41, 5.74) is 2.24. The van der Waals surface area contributed by atoms with E-state index in [9.17, 15) is 13.2 Å². The van der Waals surface area contributed by atoms with Gasteiger partial charge in [-0.2, -0.15) is 13.1 Å². The van der Waals surface area contributed by atoms with Crippen LogP contribution in [0.3, 0.4) is 0 Å². The van der Waals surface area contributed by atoms with E-state index in [1.807, 2.05) is 13.0 Å². The van der Waals surface area contributed by atoms with E-state index in [2.05, 4.69) is 23.3 Å². The third-order valence-electron chi connectivity index (χ3n) is 4.00. The lowest BCUT2D eigenvalue weighted by molar-refractivity contribution is -0.117. The van der Waals surface area contributed by atoms with Crippen LogP contribution in [-0.2, 0) is 21.4 Å². The molecule has 128 valence electrons. The van der Waals surface area contributed by atoms with Crippen molar-refractivity contribution in [3.63, 3.8) is 0 Å². The summed E-state index contributed by atoms with van der Waals surface area (Å²) in [6.45, 7) is 7.21. The Balaban J connectivity index is 2.15. The average molecular weight is 339 g/mol. The van der Waals surface area contributed by atoms with Gasteiger partial charge in [-0.15, -0.1) is 0 Å². The summed E-state index contributed by atoms with van der Waals surface area (Å²) in [6, 6.07) is 5.27. The maximum absolute atomic E-state index is 12.2. The molecule has 1 atom stereocenters. The Morgan fingerprint density at radius 1 is 1.30 bits per heavy atom. The van der Waals surface area contributed by atoms with Crippen LogP contribution in [0.4, 0.5) is 11.4 Å². The number of carbonyl (C=O) groups is 1. The first kappa shape index (κ1) is 17.7. The van der Waals surface area contributed by atoms with Crippen LogP contribution in [0.1, 0.15) is 39.2 Å². The maximum Gasteiger partial charge on any atom is 0.299 e. The highest BCUT2D eigenvalue weighted by molar-refractivity contribution is 7.90. The molecule has 23 heavy (non-hydrogen) atoms. The molecule has 0 aromatic heterocycles. The lowest BCUT2D eigenvalue weighted by Gasteiger charge is -2.21. The van der Waals surface area contributed by atoms with E-state index in [1.54, 1.807) is 17.0 Å². The molecule has 1 aromatic rings. The van der Waals surface area contributed by atoms with Crippen molar-refractivity contribution in [2.75, 3.05) is 22.7 Å². The molecule has 1 aliphatic rings. The van der Waals surface area contributed by atoms with Crippen LogP contribution < -0.4 is 14.3 Å². The van der Waals surface area contributed by atoms with Crippen molar-refractivity contribution in [2.45, 2.75) is 40.0 Å². The van der Waals surface area contributed by atoms with Gasteiger partial charge in [-0.05, 0) is 36.1 Å². The standard InChI is InChI=1S/C16H25N3O3S/c1-4-8-17-23(21,22)18-14-6-7-15-13(9-14)10-16(20)19(15)11-12(3)5-2/h6-7,9,12,17-18H,4-5,8,10-11H2,1-3H3/t12-/m1/s1. The normalized spacial score (nSPS) is 15.6. The topological polar surface area (TPSA) is 78.5 Å². The monoisotopic (exact) mass is 339 g/mol. The number of nitrogens with zero attached hydrogens (tertiary/aromatic N) is 1. The minimum atomic E-state index is -3.56. The molecule has 0 unspecified atom stereocenters. The summed E-state index contributed by atoms with van der Waals surface area (Å²) >= 11 is 0. The molecule has 0 bridgehead atoms. The number of rotatable bonds is 8. The van der Waals surface area contributed by atoms with Crippen LogP contribution >= 0.6 is 0 Å². The fraction of sp³-hybridized carbons (Fsp3) is 0.562. The smallest absolute Gasteiger partial charge is 0.299 e. The minimum absolute atomic E-state index is 0.0735. The highest BCUT2D eigenvalue weighted by Gasteiger charge is 2.28. The number of carbonyl (C=O) groups excluding carboxylic acids is 1. The molecular formula is C16H25N3O3S. The average Bonchev–Trinajstić information content (AvgIpc) is 2.80. The summed E-state index contributed by atoms with van der Waals surface area (Å²) < 4.78 is 28.7. The first-order valence-electron chi connectivity index (χ1n) is 8.07. The maximum atomic E-state index is 12.2. The van der Waals surface area contributed by atoms with Crippen molar-refractivity contribution in [3.8, 4) is 0 Å². The molecule has 0 saturated heterocycles. The van der Waals surface area contributed by atoms with Gasteiger partial charge in [0.2, 0.25) is 5.91 Å². The van der Waals surface area contributed by atoms with Crippen molar-refractivity contribution >= 4 is 27.5 Å². The first-order chi connectivity index (χ1) is 10.9. The lowest BCUT2D eigenvalue weighted by atomic mass is 10.1.